The largest absolute Gasteiger partial charge is 0.497 e. The monoisotopic (exact) mass is 496 g/mol. The number of morpholine rings is 1. The zero-order valence-corrected chi connectivity index (χ0v) is 20.8. The Bertz CT molecular complexity index is 1240. The molecule has 9 nitrogen and oxygen atoms in total. The van der Waals surface area contributed by atoms with Gasteiger partial charge in [-0.15, -0.1) is 11.3 Å². The highest BCUT2D eigenvalue weighted by Gasteiger charge is 2.18. The Balaban J connectivity index is 1.51. The molecule has 1 aliphatic rings. The van der Waals surface area contributed by atoms with Crippen molar-refractivity contribution in [3.05, 3.63) is 58.2 Å². The first-order valence-electron chi connectivity index (χ1n) is 11.1. The molecule has 0 saturated carbocycles. The lowest BCUT2D eigenvalue weighted by Crippen LogP contribution is -2.43. The van der Waals surface area contributed by atoms with Crippen LogP contribution in [-0.4, -0.2) is 75.9 Å². The number of benzene rings is 2. The Morgan fingerprint density at radius 2 is 1.86 bits per heavy atom. The number of aromatic nitrogens is 1. The molecule has 0 spiro atoms. The van der Waals surface area contributed by atoms with Gasteiger partial charge in [0.05, 0.1) is 39.3 Å². The summed E-state index contributed by atoms with van der Waals surface area (Å²) >= 11 is 1.51. The highest BCUT2D eigenvalue weighted by molar-refractivity contribution is 7.07. The number of hydrogen-bond acceptors (Lipinski definition) is 8. The van der Waals surface area contributed by atoms with Crippen molar-refractivity contribution in [2.24, 2.45) is 10.1 Å². The number of carbonyl (C=O) groups is 1. The van der Waals surface area contributed by atoms with Crippen LogP contribution < -0.4 is 19.0 Å². The lowest BCUT2D eigenvalue weighted by Gasteiger charge is -2.26. The van der Waals surface area contributed by atoms with Gasteiger partial charge in [-0.2, -0.15) is 5.10 Å². The first-order chi connectivity index (χ1) is 17.1. The second kappa shape index (κ2) is 11.7. The van der Waals surface area contributed by atoms with E-state index >= 15 is 0 Å². The van der Waals surface area contributed by atoms with Crippen LogP contribution in [0, 0.1) is 0 Å². The van der Waals surface area contributed by atoms with Crippen molar-refractivity contribution in [2.75, 3.05) is 54.2 Å². The maximum Gasteiger partial charge on any atom is 0.260 e. The summed E-state index contributed by atoms with van der Waals surface area (Å²) < 4.78 is 23.6. The van der Waals surface area contributed by atoms with Crippen molar-refractivity contribution in [3.63, 3.8) is 0 Å². The van der Waals surface area contributed by atoms with Crippen molar-refractivity contribution in [2.45, 2.75) is 0 Å². The van der Waals surface area contributed by atoms with Crippen LogP contribution in [0.25, 0.3) is 11.3 Å². The summed E-state index contributed by atoms with van der Waals surface area (Å²) in [6, 6.07) is 13.3. The molecule has 184 valence electrons. The molecule has 0 aliphatic carbocycles. The normalized spacial score (nSPS) is 14.4. The van der Waals surface area contributed by atoms with E-state index in [4.69, 9.17) is 18.9 Å². The topological polar surface area (TPSA) is 86.9 Å². The molecule has 2 heterocycles. The van der Waals surface area contributed by atoms with Crippen molar-refractivity contribution in [3.8, 4) is 28.5 Å². The quantitative estimate of drug-likeness (QED) is 0.448. The molecule has 1 amide bonds. The van der Waals surface area contributed by atoms with Gasteiger partial charge < -0.3 is 23.8 Å². The minimum atomic E-state index is -0.0724. The van der Waals surface area contributed by atoms with Crippen LogP contribution in [0.15, 0.2) is 57.9 Å². The number of ether oxygens (including phenoxy) is 4. The molecule has 0 N–H and O–H groups in total. The highest BCUT2D eigenvalue weighted by atomic mass is 32.1. The average molecular weight is 497 g/mol. The smallest absolute Gasteiger partial charge is 0.260 e. The lowest BCUT2D eigenvalue weighted by atomic mass is 10.2. The fourth-order valence-corrected chi connectivity index (χ4v) is 4.38. The first kappa shape index (κ1) is 24.5. The summed E-state index contributed by atoms with van der Waals surface area (Å²) in [5, 5.41) is 6.69. The standard InChI is InChI=1S/C25H28N4O5S/c1-26-25-29(21(17-35-25)19-5-7-20(31-2)8-6-19)27-15-18-4-9-22(23(14-18)32-3)34-16-24(30)28-10-12-33-13-11-28/h4-9,14-15,17H,10-13,16H2,1-3H3/b26-25?,27-15+. The summed E-state index contributed by atoms with van der Waals surface area (Å²) in [7, 11) is 4.95. The molecular weight excluding hydrogens is 468 g/mol. The minimum absolute atomic E-state index is 0.0544. The number of amides is 1. The van der Waals surface area contributed by atoms with Crippen LogP contribution in [-0.2, 0) is 9.53 Å². The van der Waals surface area contributed by atoms with E-state index in [1.165, 1.54) is 11.3 Å². The molecule has 1 aromatic heterocycles. The third-order valence-electron chi connectivity index (χ3n) is 5.49. The molecule has 1 fully saturated rings. The Hall–Kier alpha value is -3.63. The van der Waals surface area contributed by atoms with E-state index in [2.05, 4.69) is 10.1 Å². The third-order valence-corrected chi connectivity index (χ3v) is 6.39. The van der Waals surface area contributed by atoms with Gasteiger partial charge in [0.1, 0.15) is 5.75 Å². The Kier molecular flexibility index (Phi) is 8.17. The maximum absolute atomic E-state index is 12.4. The molecule has 2 aromatic carbocycles. The molecule has 1 saturated heterocycles. The van der Waals surface area contributed by atoms with Crippen molar-refractivity contribution < 1.29 is 23.7 Å². The van der Waals surface area contributed by atoms with Crippen LogP contribution in [0.2, 0.25) is 0 Å². The fraction of sp³-hybridized carbons (Fsp3) is 0.320. The second-order valence-corrected chi connectivity index (χ2v) is 8.44. The lowest BCUT2D eigenvalue weighted by molar-refractivity contribution is -0.137. The van der Waals surface area contributed by atoms with E-state index in [-0.39, 0.29) is 12.5 Å². The van der Waals surface area contributed by atoms with Gasteiger partial charge in [0, 0.05) is 31.1 Å². The number of nitrogens with zero attached hydrogens (tertiary/aromatic N) is 4. The van der Waals surface area contributed by atoms with Crippen molar-refractivity contribution in [1.82, 2.24) is 9.58 Å². The van der Waals surface area contributed by atoms with E-state index in [0.717, 1.165) is 27.4 Å². The Morgan fingerprint density at radius 1 is 1.09 bits per heavy atom. The van der Waals surface area contributed by atoms with Crippen LogP contribution in [0.1, 0.15) is 5.56 Å². The molecule has 0 bridgehead atoms. The number of thiazole rings is 1. The summed E-state index contributed by atoms with van der Waals surface area (Å²) in [4.78, 5) is 19.2. The van der Waals surface area contributed by atoms with Crippen LogP contribution in [0.3, 0.4) is 0 Å². The SMILES string of the molecule is CN=c1scc(-c2ccc(OC)cc2)n1/N=C/c1ccc(OCC(=O)N2CCOCC2)c(OC)c1. The van der Waals surface area contributed by atoms with Gasteiger partial charge >= 0.3 is 0 Å². The van der Waals surface area contributed by atoms with Gasteiger partial charge in [0.25, 0.3) is 5.91 Å². The van der Waals surface area contributed by atoms with E-state index in [9.17, 15) is 4.79 Å². The molecule has 0 radical (unpaired) electrons. The zero-order chi connectivity index (χ0) is 24.6. The summed E-state index contributed by atoms with van der Waals surface area (Å²) in [5.74, 6) is 1.74. The summed E-state index contributed by atoms with van der Waals surface area (Å²) in [6.07, 6.45) is 1.74. The molecule has 0 unspecified atom stereocenters. The van der Waals surface area contributed by atoms with Gasteiger partial charge in [-0.3, -0.25) is 9.79 Å². The summed E-state index contributed by atoms with van der Waals surface area (Å²) in [5.41, 5.74) is 2.73. The van der Waals surface area contributed by atoms with Gasteiger partial charge in [0.15, 0.2) is 18.1 Å². The highest BCUT2D eigenvalue weighted by Crippen LogP contribution is 2.28. The number of carbonyl (C=O) groups excluding carboxylic acids is 1. The van der Waals surface area contributed by atoms with Crippen LogP contribution >= 0.6 is 11.3 Å². The fourth-order valence-electron chi connectivity index (χ4n) is 3.57. The number of hydrogen-bond donors (Lipinski definition) is 0. The van der Waals surface area contributed by atoms with Gasteiger partial charge in [0.2, 0.25) is 4.80 Å². The maximum atomic E-state index is 12.4. The van der Waals surface area contributed by atoms with Gasteiger partial charge in [-0.25, -0.2) is 4.68 Å². The predicted octanol–water partition coefficient (Wildman–Crippen LogP) is 2.88. The Morgan fingerprint density at radius 3 is 2.54 bits per heavy atom. The molecule has 35 heavy (non-hydrogen) atoms. The van der Waals surface area contributed by atoms with Crippen molar-refractivity contribution in [1.29, 1.82) is 0 Å². The third kappa shape index (κ3) is 5.90. The second-order valence-electron chi connectivity index (χ2n) is 7.60. The molecular formula is C25H28N4O5S. The van der Waals surface area contributed by atoms with Crippen molar-refractivity contribution >= 4 is 23.5 Å². The van der Waals surface area contributed by atoms with Crippen LogP contribution in [0.4, 0.5) is 0 Å². The minimum Gasteiger partial charge on any atom is -0.497 e. The first-order valence-corrected chi connectivity index (χ1v) is 12.0. The Labute approximate surface area is 207 Å². The number of rotatable bonds is 8. The predicted molar refractivity (Wildman–Crippen MR) is 135 cm³/mol. The van der Waals surface area contributed by atoms with E-state index in [1.54, 1.807) is 43.1 Å². The zero-order valence-electron chi connectivity index (χ0n) is 20.0. The van der Waals surface area contributed by atoms with E-state index in [0.29, 0.717) is 37.8 Å². The van der Waals surface area contributed by atoms with E-state index in [1.807, 2.05) is 41.8 Å². The molecule has 1 aliphatic heterocycles. The van der Waals surface area contributed by atoms with E-state index < -0.39 is 0 Å². The van der Waals surface area contributed by atoms with Crippen LogP contribution in [0.5, 0.6) is 17.2 Å². The average Bonchev–Trinajstić information content (AvgIpc) is 3.34. The molecule has 10 heteroatoms. The number of methoxy groups -OCH3 is 2. The molecule has 3 aromatic rings. The van der Waals surface area contributed by atoms with Gasteiger partial charge in [-0.1, -0.05) is 0 Å². The molecule has 0 atom stereocenters. The van der Waals surface area contributed by atoms with Gasteiger partial charge in [-0.05, 0) is 48.0 Å². The molecule has 4 rings (SSSR count). The summed E-state index contributed by atoms with van der Waals surface area (Å²) in [6.45, 7) is 2.22.